The Balaban J connectivity index is 2.05. The van der Waals surface area contributed by atoms with Gasteiger partial charge in [-0.15, -0.1) is 0 Å². The predicted molar refractivity (Wildman–Crippen MR) is 82.7 cm³/mol. The molecule has 0 aliphatic carbocycles. The number of benzene rings is 2. The molecule has 0 fully saturated rings. The minimum absolute atomic E-state index is 0.0246. The Morgan fingerprint density at radius 3 is 2.59 bits per heavy atom. The SMILES string of the molecule is COc1ccc(C=NNC(=O)c2cccc(O)c2)cc1OC. The lowest BCUT2D eigenvalue weighted by Crippen LogP contribution is -2.17. The highest BCUT2D eigenvalue weighted by Crippen LogP contribution is 2.26. The van der Waals surface area contributed by atoms with Gasteiger partial charge in [-0.3, -0.25) is 4.79 Å². The Bertz CT molecular complexity index is 698. The number of hydrogen-bond donors (Lipinski definition) is 2. The molecule has 2 aromatic carbocycles. The smallest absolute Gasteiger partial charge is 0.271 e. The van der Waals surface area contributed by atoms with Crippen molar-refractivity contribution in [2.45, 2.75) is 0 Å². The Hall–Kier alpha value is -3.02. The van der Waals surface area contributed by atoms with Crippen LogP contribution in [0.15, 0.2) is 47.6 Å². The number of methoxy groups -OCH3 is 2. The first-order valence-electron chi connectivity index (χ1n) is 6.48. The lowest BCUT2D eigenvalue weighted by Gasteiger charge is -2.07. The van der Waals surface area contributed by atoms with Gasteiger partial charge in [0.15, 0.2) is 11.5 Å². The van der Waals surface area contributed by atoms with E-state index >= 15 is 0 Å². The topological polar surface area (TPSA) is 80.2 Å². The second-order valence-electron chi connectivity index (χ2n) is 4.36. The summed E-state index contributed by atoms with van der Waals surface area (Å²) in [6.45, 7) is 0. The Labute approximate surface area is 128 Å². The fourth-order valence-corrected chi connectivity index (χ4v) is 1.81. The largest absolute Gasteiger partial charge is 0.508 e. The van der Waals surface area contributed by atoms with E-state index in [0.29, 0.717) is 17.1 Å². The molecule has 0 atom stereocenters. The fourth-order valence-electron chi connectivity index (χ4n) is 1.81. The van der Waals surface area contributed by atoms with Gasteiger partial charge in [0.25, 0.3) is 5.91 Å². The number of carbonyl (C=O) groups is 1. The number of aromatic hydroxyl groups is 1. The summed E-state index contributed by atoms with van der Waals surface area (Å²) in [5.41, 5.74) is 3.46. The van der Waals surface area contributed by atoms with Crippen LogP contribution in [0.1, 0.15) is 15.9 Å². The molecular weight excluding hydrogens is 284 g/mol. The van der Waals surface area contributed by atoms with Gasteiger partial charge >= 0.3 is 0 Å². The van der Waals surface area contributed by atoms with Crippen molar-refractivity contribution in [2.75, 3.05) is 14.2 Å². The Kier molecular flexibility index (Phi) is 4.98. The lowest BCUT2D eigenvalue weighted by molar-refractivity contribution is 0.0954. The van der Waals surface area contributed by atoms with Gasteiger partial charge in [0.1, 0.15) is 5.75 Å². The molecule has 0 unspecified atom stereocenters. The van der Waals surface area contributed by atoms with Gasteiger partial charge in [0.2, 0.25) is 0 Å². The first-order chi connectivity index (χ1) is 10.6. The molecule has 0 aromatic heterocycles. The monoisotopic (exact) mass is 300 g/mol. The average Bonchev–Trinajstić information content (AvgIpc) is 2.54. The van der Waals surface area contributed by atoms with Crippen molar-refractivity contribution in [1.29, 1.82) is 0 Å². The van der Waals surface area contributed by atoms with E-state index in [2.05, 4.69) is 10.5 Å². The molecule has 2 aromatic rings. The maximum Gasteiger partial charge on any atom is 0.271 e. The molecule has 0 saturated carbocycles. The van der Waals surface area contributed by atoms with Crippen molar-refractivity contribution in [1.82, 2.24) is 5.43 Å². The number of nitrogens with zero attached hydrogens (tertiary/aromatic N) is 1. The summed E-state index contributed by atoms with van der Waals surface area (Å²) in [5, 5.41) is 13.2. The minimum atomic E-state index is -0.410. The highest BCUT2D eigenvalue weighted by atomic mass is 16.5. The van der Waals surface area contributed by atoms with Crippen LogP contribution in [-0.2, 0) is 0 Å². The summed E-state index contributed by atoms with van der Waals surface area (Å²) in [7, 11) is 3.10. The van der Waals surface area contributed by atoms with E-state index in [-0.39, 0.29) is 5.75 Å². The number of amides is 1. The van der Waals surface area contributed by atoms with Crippen molar-refractivity contribution in [3.8, 4) is 17.2 Å². The van der Waals surface area contributed by atoms with Crippen LogP contribution < -0.4 is 14.9 Å². The van der Waals surface area contributed by atoms with Crippen molar-refractivity contribution in [3.05, 3.63) is 53.6 Å². The number of nitrogens with one attached hydrogen (secondary N) is 1. The highest BCUT2D eigenvalue weighted by molar-refractivity contribution is 5.95. The normalized spacial score (nSPS) is 10.5. The molecule has 2 rings (SSSR count). The first-order valence-corrected chi connectivity index (χ1v) is 6.48. The van der Waals surface area contributed by atoms with E-state index in [1.54, 1.807) is 44.6 Å². The van der Waals surface area contributed by atoms with Gasteiger partial charge < -0.3 is 14.6 Å². The second-order valence-corrected chi connectivity index (χ2v) is 4.36. The van der Waals surface area contributed by atoms with Gasteiger partial charge in [-0.2, -0.15) is 5.10 Å². The number of carbonyl (C=O) groups excluding carboxylic acids is 1. The molecule has 114 valence electrons. The van der Waals surface area contributed by atoms with Crippen LogP contribution in [0.5, 0.6) is 17.2 Å². The van der Waals surface area contributed by atoms with Crippen LogP contribution in [0, 0.1) is 0 Å². The zero-order chi connectivity index (χ0) is 15.9. The molecule has 1 amide bonds. The van der Waals surface area contributed by atoms with Crippen LogP contribution in [0.2, 0.25) is 0 Å². The third-order valence-electron chi connectivity index (χ3n) is 2.90. The van der Waals surface area contributed by atoms with Crippen molar-refractivity contribution in [2.24, 2.45) is 5.10 Å². The van der Waals surface area contributed by atoms with E-state index in [4.69, 9.17) is 9.47 Å². The van der Waals surface area contributed by atoms with Gasteiger partial charge in [-0.1, -0.05) is 6.07 Å². The minimum Gasteiger partial charge on any atom is -0.508 e. The number of rotatable bonds is 5. The summed E-state index contributed by atoms with van der Waals surface area (Å²) in [6, 6.07) is 11.3. The standard InChI is InChI=1S/C16H16N2O4/c1-21-14-7-6-11(8-15(14)22-2)10-17-18-16(20)12-4-3-5-13(19)9-12/h3-10,19H,1-2H3,(H,18,20). The summed E-state index contributed by atoms with van der Waals surface area (Å²) < 4.78 is 10.3. The molecule has 0 aliphatic heterocycles. The average molecular weight is 300 g/mol. The Morgan fingerprint density at radius 1 is 1.14 bits per heavy atom. The number of phenolic OH excluding ortho intramolecular Hbond substituents is 1. The maximum atomic E-state index is 11.8. The van der Waals surface area contributed by atoms with Gasteiger partial charge in [0, 0.05) is 5.56 Å². The molecule has 0 radical (unpaired) electrons. The predicted octanol–water partition coefficient (Wildman–Crippen LogP) is 2.17. The molecule has 0 bridgehead atoms. The van der Waals surface area contributed by atoms with Crippen molar-refractivity contribution in [3.63, 3.8) is 0 Å². The fraction of sp³-hybridized carbons (Fsp3) is 0.125. The zero-order valence-electron chi connectivity index (χ0n) is 12.2. The zero-order valence-corrected chi connectivity index (χ0v) is 12.2. The molecule has 0 spiro atoms. The third kappa shape index (κ3) is 3.76. The molecule has 6 heteroatoms. The summed E-state index contributed by atoms with van der Waals surface area (Å²) in [6.07, 6.45) is 1.49. The van der Waals surface area contributed by atoms with E-state index in [1.807, 2.05) is 0 Å². The number of phenols is 1. The first kappa shape index (κ1) is 15.4. The quantitative estimate of drug-likeness (QED) is 0.655. The van der Waals surface area contributed by atoms with Crippen LogP contribution in [0.4, 0.5) is 0 Å². The number of hydrogen-bond acceptors (Lipinski definition) is 5. The highest BCUT2D eigenvalue weighted by Gasteiger charge is 2.05. The molecule has 22 heavy (non-hydrogen) atoms. The lowest BCUT2D eigenvalue weighted by atomic mass is 10.2. The van der Waals surface area contributed by atoms with Gasteiger partial charge in [-0.25, -0.2) is 5.43 Å². The molecule has 6 nitrogen and oxygen atoms in total. The van der Waals surface area contributed by atoms with Gasteiger partial charge in [0.05, 0.1) is 20.4 Å². The molecule has 0 aliphatic rings. The van der Waals surface area contributed by atoms with E-state index < -0.39 is 5.91 Å². The van der Waals surface area contributed by atoms with E-state index in [9.17, 15) is 9.90 Å². The third-order valence-corrected chi connectivity index (χ3v) is 2.90. The molecule has 0 saturated heterocycles. The van der Waals surface area contributed by atoms with Crippen molar-refractivity contribution < 1.29 is 19.4 Å². The second kappa shape index (κ2) is 7.12. The molecular formula is C16H16N2O4. The van der Waals surface area contributed by atoms with Gasteiger partial charge in [-0.05, 0) is 42.0 Å². The molecule has 2 N–H and O–H groups in total. The molecule has 0 heterocycles. The summed E-state index contributed by atoms with van der Waals surface area (Å²) >= 11 is 0. The van der Waals surface area contributed by atoms with Crippen LogP contribution in [0.25, 0.3) is 0 Å². The van der Waals surface area contributed by atoms with Crippen molar-refractivity contribution >= 4 is 12.1 Å². The van der Waals surface area contributed by atoms with Crippen LogP contribution in [-0.4, -0.2) is 31.4 Å². The maximum absolute atomic E-state index is 11.8. The van der Waals surface area contributed by atoms with Crippen LogP contribution >= 0.6 is 0 Å². The van der Waals surface area contributed by atoms with E-state index in [0.717, 1.165) is 5.56 Å². The Morgan fingerprint density at radius 2 is 1.91 bits per heavy atom. The van der Waals surface area contributed by atoms with E-state index in [1.165, 1.54) is 18.3 Å². The number of hydrazone groups is 1. The number of ether oxygens (including phenoxy) is 2. The summed E-state index contributed by atoms with van der Waals surface area (Å²) in [5.74, 6) is 0.804. The van der Waals surface area contributed by atoms with Crippen LogP contribution in [0.3, 0.4) is 0 Å². The summed E-state index contributed by atoms with van der Waals surface area (Å²) in [4.78, 5) is 11.8.